The quantitative estimate of drug-likeness (QED) is 0.709. The third-order valence-electron chi connectivity index (χ3n) is 3.69. The molecule has 25 heavy (non-hydrogen) atoms. The topological polar surface area (TPSA) is 79.8 Å². The molecule has 0 saturated heterocycles. The molecule has 1 aromatic carbocycles. The summed E-state index contributed by atoms with van der Waals surface area (Å²) >= 11 is 11.9. The van der Waals surface area contributed by atoms with Gasteiger partial charge in [0, 0.05) is 28.5 Å². The van der Waals surface area contributed by atoms with E-state index in [0.29, 0.717) is 33.2 Å². The van der Waals surface area contributed by atoms with E-state index in [9.17, 15) is 4.79 Å². The highest BCUT2D eigenvalue weighted by Crippen LogP contribution is 2.34. The van der Waals surface area contributed by atoms with Gasteiger partial charge in [0.05, 0.1) is 22.8 Å². The normalized spacial score (nSPS) is 12.6. The fourth-order valence-corrected chi connectivity index (χ4v) is 2.87. The predicted molar refractivity (Wildman–Crippen MR) is 97.3 cm³/mol. The van der Waals surface area contributed by atoms with E-state index in [1.807, 2.05) is 6.07 Å². The largest absolute Gasteiger partial charge is 0.325 e. The molecule has 1 aliphatic heterocycles. The number of anilines is 3. The molecule has 2 aromatic heterocycles. The van der Waals surface area contributed by atoms with Gasteiger partial charge in [0.2, 0.25) is 11.9 Å². The van der Waals surface area contributed by atoms with Crippen LogP contribution in [0.25, 0.3) is 11.3 Å². The number of carbonyl (C=O) groups excluding carboxylic acids is 1. The smallest absolute Gasteiger partial charge is 0.228 e. The summed E-state index contributed by atoms with van der Waals surface area (Å²) in [4.78, 5) is 25.1. The Morgan fingerprint density at radius 2 is 1.88 bits per heavy atom. The van der Waals surface area contributed by atoms with Crippen molar-refractivity contribution in [2.75, 3.05) is 10.6 Å². The molecule has 4 rings (SSSR count). The first-order chi connectivity index (χ1) is 12.1. The monoisotopic (exact) mass is 371 g/mol. The molecule has 6 nitrogen and oxygen atoms in total. The molecule has 0 bridgehead atoms. The van der Waals surface area contributed by atoms with Crippen LogP contribution in [0.1, 0.15) is 5.56 Å². The van der Waals surface area contributed by atoms with Crippen molar-refractivity contribution in [2.45, 2.75) is 6.42 Å². The third-order valence-corrected chi connectivity index (χ3v) is 4.15. The summed E-state index contributed by atoms with van der Waals surface area (Å²) in [5.41, 5.74) is 2.84. The van der Waals surface area contributed by atoms with Crippen LogP contribution in [-0.2, 0) is 11.2 Å². The summed E-state index contributed by atoms with van der Waals surface area (Å²) in [6.45, 7) is 0. The van der Waals surface area contributed by atoms with E-state index in [4.69, 9.17) is 23.2 Å². The average molecular weight is 372 g/mol. The highest BCUT2D eigenvalue weighted by atomic mass is 35.5. The number of hydrogen-bond donors (Lipinski definition) is 2. The van der Waals surface area contributed by atoms with Gasteiger partial charge in [-0.2, -0.15) is 0 Å². The van der Waals surface area contributed by atoms with Gasteiger partial charge in [0.25, 0.3) is 0 Å². The lowest BCUT2D eigenvalue weighted by molar-refractivity contribution is -0.115. The Morgan fingerprint density at radius 3 is 2.68 bits per heavy atom. The van der Waals surface area contributed by atoms with Crippen molar-refractivity contribution in [3.8, 4) is 11.3 Å². The molecule has 0 saturated carbocycles. The lowest BCUT2D eigenvalue weighted by Crippen LogP contribution is -2.12. The van der Waals surface area contributed by atoms with Gasteiger partial charge in [-0.05, 0) is 30.3 Å². The van der Waals surface area contributed by atoms with E-state index in [1.54, 1.807) is 30.5 Å². The van der Waals surface area contributed by atoms with Crippen LogP contribution in [0.4, 0.5) is 17.5 Å². The first kappa shape index (κ1) is 15.8. The lowest BCUT2D eigenvalue weighted by Gasteiger charge is -2.10. The molecule has 0 fully saturated rings. The van der Waals surface area contributed by atoms with Crippen molar-refractivity contribution < 1.29 is 4.79 Å². The number of halogens is 2. The maximum absolute atomic E-state index is 12.1. The van der Waals surface area contributed by atoms with Crippen LogP contribution in [0.3, 0.4) is 0 Å². The second kappa shape index (κ2) is 6.31. The van der Waals surface area contributed by atoms with Crippen molar-refractivity contribution >= 4 is 46.6 Å². The number of fused-ring (bicyclic) bond motifs is 3. The van der Waals surface area contributed by atoms with Crippen LogP contribution in [-0.4, -0.2) is 20.9 Å². The first-order valence-electron chi connectivity index (χ1n) is 7.43. The molecule has 1 aliphatic rings. The number of nitrogens with zero attached hydrogens (tertiary/aromatic N) is 3. The molecule has 0 spiro atoms. The Hall–Kier alpha value is -2.70. The fourth-order valence-electron chi connectivity index (χ4n) is 2.59. The van der Waals surface area contributed by atoms with Crippen LogP contribution in [0.5, 0.6) is 0 Å². The summed E-state index contributed by atoms with van der Waals surface area (Å²) in [7, 11) is 0. The molecular weight excluding hydrogens is 361 g/mol. The van der Waals surface area contributed by atoms with Crippen LogP contribution in [0, 0.1) is 0 Å². The Balaban J connectivity index is 1.77. The zero-order valence-electron chi connectivity index (χ0n) is 12.8. The Labute approximate surface area is 153 Å². The van der Waals surface area contributed by atoms with Gasteiger partial charge in [0.1, 0.15) is 5.82 Å². The maximum Gasteiger partial charge on any atom is 0.228 e. The summed E-state index contributed by atoms with van der Waals surface area (Å²) in [5.74, 6) is 0.818. The number of carbonyl (C=O) groups is 1. The van der Waals surface area contributed by atoms with Crippen LogP contribution < -0.4 is 10.6 Å². The number of pyridine rings is 1. The standard InChI is InChI=1S/C17H11Cl2N5O/c18-10-1-3-12-13(6-10)22-15(25)5-9-7-21-17(24-16(9)12)23-14-4-2-11(19)8-20-14/h1-4,6-8H,5H2,(H,22,25)(H,20,21,23,24). The number of hydrogen-bond acceptors (Lipinski definition) is 5. The van der Waals surface area contributed by atoms with Gasteiger partial charge >= 0.3 is 0 Å². The zero-order valence-corrected chi connectivity index (χ0v) is 14.3. The Kier molecular flexibility index (Phi) is 3.99. The van der Waals surface area contributed by atoms with Crippen LogP contribution in [0.15, 0.2) is 42.7 Å². The van der Waals surface area contributed by atoms with Gasteiger partial charge in [-0.15, -0.1) is 0 Å². The molecule has 1 amide bonds. The lowest BCUT2D eigenvalue weighted by atomic mass is 10.1. The minimum absolute atomic E-state index is 0.133. The van der Waals surface area contributed by atoms with Crippen molar-refractivity contribution in [1.29, 1.82) is 0 Å². The van der Waals surface area contributed by atoms with Crippen molar-refractivity contribution in [3.05, 3.63) is 58.3 Å². The fraction of sp³-hybridized carbons (Fsp3) is 0.0588. The molecule has 0 unspecified atom stereocenters. The van der Waals surface area contributed by atoms with E-state index in [-0.39, 0.29) is 12.3 Å². The Morgan fingerprint density at radius 1 is 1.04 bits per heavy atom. The van der Waals surface area contributed by atoms with Gasteiger partial charge in [-0.3, -0.25) is 4.79 Å². The predicted octanol–water partition coefficient (Wildman–Crippen LogP) is 4.08. The zero-order chi connectivity index (χ0) is 17.4. The van der Waals surface area contributed by atoms with Gasteiger partial charge in [-0.25, -0.2) is 15.0 Å². The number of nitrogens with one attached hydrogen (secondary N) is 2. The molecule has 0 aliphatic carbocycles. The number of aromatic nitrogens is 3. The van der Waals surface area contributed by atoms with Crippen molar-refractivity contribution in [1.82, 2.24) is 15.0 Å². The van der Waals surface area contributed by atoms with Gasteiger partial charge < -0.3 is 10.6 Å². The summed E-state index contributed by atoms with van der Waals surface area (Å²) in [6, 6.07) is 8.76. The summed E-state index contributed by atoms with van der Waals surface area (Å²) < 4.78 is 0. The average Bonchev–Trinajstić information content (AvgIpc) is 2.71. The van der Waals surface area contributed by atoms with Gasteiger partial charge in [-0.1, -0.05) is 23.2 Å². The third kappa shape index (κ3) is 3.26. The molecule has 0 atom stereocenters. The van der Waals surface area contributed by atoms with Crippen LogP contribution >= 0.6 is 23.2 Å². The molecule has 3 heterocycles. The van der Waals surface area contributed by atoms with E-state index in [0.717, 1.165) is 11.1 Å². The molecule has 3 aromatic rings. The minimum Gasteiger partial charge on any atom is -0.325 e. The van der Waals surface area contributed by atoms with Crippen molar-refractivity contribution in [3.63, 3.8) is 0 Å². The molecule has 2 N–H and O–H groups in total. The molecule has 8 heteroatoms. The van der Waals surface area contributed by atoms with Crippen LogP contribution in [0.2, 0.25) is 10.0 Å². The van der Waals surface area contributed by atoms with E-state index in [1.165, 1.54) is 6.20 Å². The second-order valence-corrected chi connectivity index (χ2v) is 6.34. The molecular formula is C17H11Cl2N5O. The van der Waals surface area contributed by atoms with E-state index < -0.39 is 0 Å². The minimum atomic E-state index is -0.133. The highest BCUT2D eigenvalue weighted by Gasteiger charge is 2.21. The first-order valence-corrected chi connectivity index (χ1v) is 8.18. The number of benzene rings is 1. The number of amides is 1. The van der Waals surface area contributed by atoms with E-state index >= 15 is 0 Å². The maximum atomic E-state index is 12.1. The molecule has 124 valence electrons. The Bertz CT molecular complexity index is 975. The second-order valence-electron chi connectivity index (χ2n) is 5.47. The number of rotatable bonds is 2. The SMILES string of the molecule is O=C1Cc2cnc(Nc3ccc(Cl)cn3)nc2-c2ccc(Cl)cc2N1. The summed E-state index contributed by atoms with van der Waals surface area (Å²) in [5, 5.41) is 6.97. The van der Waals surface area contributed by atoms with Crippen molar-refractivity contribution in [2.24, 2.45) is 0 Å². The van der Waals surface area contributed by atoms with Gasteiger partial charge in [0.15, 0.2) is 0 Å². The van der Waals surface area contributed by atoms with E-state index in [2.05, 4.69) is 25.6 Å². The highest BCUT2D eigenvalue weighted by molar-refractivity contribution is 6.31. The summed E-state index contributed by atoms with van der Waals surface area (Å²) in [6.07, 6.45) is 3.37. The molecule has 0 radical (unpaired) electrons.